The van der Waals surface area contributed by atoms with Crippen molar-refractivity contribution in [2.24, 2.45) is 5.73 Å². The normalized spacial score (nSPS) is 13.9. The molecule has 2 aromatic rings. The number of hydrogen-bond acceptors (Lipinski definition) is 1. The maximum atomic E-state index is 12.6. The van der Waals surface area contributed by atoms with E-state index in [4.69, 9.17) is 5.73 Å². The summed E-state index contributed by atoms with van der Waals surface area (Å²) in [6, 6.07) is 8.18. The van der Waals surface area contributed by atoms with Gasteiger partial charge < -0.3 is 5.73 Å². The number of halogens is 3. The maximum absolute atomic E-state index is 12.6. The summed E-state index contributed by atoms with van der Waals surface area (Å²) in [4.78, 5) is 0. The van der Waals surface area contributed by atoms with E-state index in [-0.39, 0.29) is 5.56 Å². The molecule has 4 heteroatoms. The molecule has 2 rings (SSSR count). The van der Waals surface area contributed by atoms with Crippen LogP contribution in [-0.2, 0) is 0 Å². The molecule has 0 spiro atoms. The molecule has 0 aliphatic heterocycles. The molecule has 0 heterocycles. The minimum Gasteiger partial charge on any atom is -0.316 e. The van der Waals surface area contributed by atoms with Crippen molar-refractivity contribution in [1.29, 1.82) is 0 Å². The van der Waals surface area contributed by atoms with Crippen molar-refractivity contribution in [1.82, 2.24) is 0 Å². The van der Waals surface area contributed by atoms with Gasteiger partial charge in [-0.05, 0) is 28.8 Å². The van der Waals surface area contributed by atoms with Gasteiger partial charge in [0, 0.05) is 0 Å². The van der Waals surface area contributed by atoms with Gasteiger partial charge in [0.2, 0.25) is 0 Å². The molecule has 0 saturated carbocycles. The van der Waals surface area contributed by atoms with Gasteiger partial charge in [-0.1, -0.05) is 36.4 Å². The van der Waals surface area contributed by atoms with Gasteiger partial charge in [0.05, 0.1) is 0 Å². The van der Waals surface area contributed by atoms with Crippen molar-refractivity contribution < 1.29 is 13.2 Å². The number of alkyl halides is 3. The monoisotopic (exact) mass is 239 g/mol. The lowest BCUT2D eigenvalue weighted by molar-refractivity contribution is -0.148. The van der Waals surface area contributed by atoms with Crippen LogP contribution in [0.4, 0.5) is 13.2 Å². The lowest BCUT2D eigenvalue weighted by atomic mass is 9.96. The van der Waals surface area contributed by atoms with Crippen LogP contribution >= 0.6 is 0 Å². The van der Waals surface area contributed by atoms with E-state index in [1.807, 2.05) is 6.92 Å². The average Bonchev–Trinajstić information content (AvgIpc) is 2.28. The molecule has 2 aromatic carbocycles. The fraction of sp³-hybridized carbons (Fsp3) is 0.231. The molecule has 0 unspecified atom stereocenters. The zero-order valence-corrected chi connectivity index (χ0v) is 9.25. The molecule has 0 saturated heterocycles. The fourth-order valence-corrected chi connectivity index (χ4v) is 1.92. The molecule has 0 bridgehead atoms. The topological polar surface area (TPSA) is 26.0 Å². The Bertz CT molecular complexity index is 546. The van der Waals surface area contributed by atoms with Gasteiger partial charge in [-0.15, -0.1) is 0 Å². The second-order valence-corrected chi connectivity index (χ2v) is 4.04. The van der Waals surface area contributed by atoms with Crippen LogP contribution in [0.2, 0.25) is 0 Å². The SMILES string of the molecule is Cc1ccc([C@@H](N)C(F)(F)F)c2ccccc12. The number of hydrogen-bond donors (Lipinski definition) is 1. The van der Waals surface area contributed by atoms with Crippen molar-refractivity contribution in [2.75, 3.05) is 0 Å². The van der Waals surface area contributed by atoms with Crippen LogP contribution in [0.3, 0.4) is 0 Å². The van der Waals surface area contributed by atoms with Crippen molar-refractivity contribution >= 4 is 10.8 Å². The van der Waals surface area contributed by atoms with Crippen LogP contribution in [0, 0.1) is 6.92 Å². The minimum absolute atomic E-state index is 0.124. The molecule has 1 nitrogen and oxygen atoms in total. The molecule has 0 fully saturated rings. The Morgan fingerprint density at radius 1 is 1.00 bits per heavy atom. The molecule has 0 aromatic heterocycles. The van der Waals surface area contributed by atoms with Crippen molar-refractivity contribution in [2.45, 2.75) is 19.1 Å². The summed E-state index contributed by atoms with van der Waals surface area (Å²) in [5.74, 6) is 0. The zero-order chi connectivity index (χ0) is 12.6. The van der Waals surface area contributed by atoms with Crippen LogP contribution in [0.1, 0.15) is 17.2 Å². The van der Waals surface area contributed by atoms with Crippen molar-refractivity contribution in [3.8, 4) is 0 Å². The number of nitrogens with two attached hydrogens (primary N) is 1. The zero-order valence-electron chi connectivity index (χ0n) is 9.25. The maximum Gasteiger partial charge on any atom is 0.407 e. The first-order chi connectivity index (χ1) is 7.91. The molecule has 0 aliphatic carbocycles. The predicted molar refractivity (Wildman–Crippen MR) is 61.7 cm³/mol. The molecule has 90 valence electrons. The molecule has 0 aliphatic rings. The first-order valence-corrected chi connectivity index (χ1v) is 5.22. The average molecular weight is 239 g/mol. The predicted octanol–water partition coefficient (Wildman–Crippen LogP) is 3.71. The lowest BCUT2D eigenvalue weighted by Gasteiger charge is -2.18. The minimum atomic E-state index is -4.42. The highest BCUT2D eigenvalue weighted by atomic mass is 19.4. The second-order valence-electron chi connectivity index (χ2n) is 4.04. The standard InChI is InChI=1S/C13H12F3N/c1-8-6-7-11(12(17)13(14,15)16)10-5-3-2-4-9(8)10/h2-7,12H,17H2,1H3/t12-/m1/s1. The summed E-state index contributed by atoms with van der Waals surface area (Å²) in [5, 5.41) is 1.38. The van der Waals surface area contributed by atoms with Gasteiger partial charge >= 0.3 is 6.18 Å². The second kappa shape index (κ2) is 4.04. The third-order valence-electron chi connectivity index (χ3n) is 2.86. The van der Waals surface area contributed by atoms with E-state index in [0.29, 0.717) is 5.39 Å². The van der Waals surface area contributed by atoms with Crippen LogP contribution in [-0.4, -0.2) is 6.18 Å². The summed E-state index contributed by atoms with van der Waals surface area (Å²) in [6.45, 7) is 1.87. The summed E-state index contributed by atoms with van der Waals surface area (Å²) in [5.41, 5.74) is 6.33. The lowest BCUT2D eigenvalue weighted by Crippen LogP contribution is -2.28. The number of rotatable bonds is 1. The fourth-order valence-electron chi connectivity index (χ4n) is 1.92. The highest BCUT2D eigenvalue weighted by Crippen LogP contribution is 2.35. The summed E-state index contributed by atoms with van der Waals surface area (Å²) < 4.78 is 37.9. The van der Waals surface area contributed by atoms with E-state index in [9.17, 15) is 13.2 Å². The van der Waals surface area contributed by atoms with Crippen LogP contribution < -0.4 is 5.73 Å². The first kappa shape index (κ1) is 11.9. The van der Waals surface area contributed by atoms with Gasteiger partial charge in [0.25, 0.3) is 0 Å². The third kappa shape index (κ3) is 2.13. The van der Waals surface area contributed by atoms with Crippen LogP contribution in [0.5, 0.6) is 0 Å². The summed E-state index contributed by atoms with van der Waals surface area (Å²) in [6.07, 6.45) is -4.42. The van der Waals surface area contributed by atoms with Gasteiger partial charge in [0.1, 0.15) is 6.04 Å². The van der Waals surface area contributed by atoms with E-state index >= 15 is 0 Å². The summed E-state index contributed by atoms with van der Waals surface area (Å²) >= 11 is 0. The van der Waals surface area contributed by atoms with Crippen molar-refractivity contribution in [3.05, 3.63) is 47.5 Å². The van der Waals surface area contributed by atoms with Gasteiger partial charge in [-0.25, -0.2) is 0 Å². The molecule has 0 radical (unpaired) electrons. The highest BCUT2D eigenvalue weighted by Gasteiger charge is 2.38. The van der Waals surface area contributed by atoms with E-state index in [1.54, 1.807) is 30.3 Å². The Kier molecular flexibility index (Phi) is 2.83. The quantitative estimate of drug-likeness (QED) is 0.806. The largest absolute Gasteiger partial charge is 0.407 e. The Morgan fingerprint density at radius 2 is 1.59 bits per heavy atom. The van der Waals surface area contributed by atoms with Crippen LogP contribution in [0.25, 0.3) is 10.8 Å². The Labute approximate surface area is 97.0 Å². The molecular weight excluding hydrogens is 227 g/mol. The van der Waals surface area contributed by atoms with Gasteiger partial charge in [-0.3, -0.25) is 0 Å². The van der Waals surface area contributed by atoms with E-state index in [2.05, 4.69) is 0 Å². The number of benzene rings is 2. The van der Waals surface area contributed by atoms with E-state index < -0.39 is 12.2 Å². The number of aryl methyl sites for hydroxylation is 1. The molecule has 17 heavy (non-hydrogen) atoms. The highest BCUT2D eigenvalue weighted by molar-refractivity contribution is 5.89. The van der Waals surface area contributed by atoms with Crippen LogP contribution in [0.15, 0.2) is 36.4 Å². The Morgan fingerprint density at radius 3 is 2.18 bits per heavy atom. The third-order valence-corrected chi connectivity index (χ3v) is 2.86. The summed E-state index contributed by atoms with van der Waals surface area (Å²) in [7, 11) is 0. The van der Waals surface area contributed by atoms with Gasteiger partial charge in [0.15, 0.2) is 0 Å². The molecular formula is C13H12F3N. The molecule has 2 N–H and O–H groups in total. The van der Waals surface area contributed by atoms with E-state index in [0.717, 1.165) is 10.9 Å². The molecule has 0 amide bonds. The van der Waals surface area contributed by atoms with Crippen molar-refractivity contribution in [3.63, 3.8) is 0 Å². The molecule has 1 atom stereocenters. The van der Waals surface area contributed by atoms with Gasteiger partial charge in [-0.2, -0.15) is 13.2 Å². The smallest absolute Gasteiger partial charge is 0.316 e. The Balaban J connectivity index is 2.67. The number of fused-ring (bicyclic) bond motifs is 1. The Hall–Kier alpha value is -1.55. The first-order valence-electron chi connectivity index (χ1n) is 5.22. The van der Waals surface area contributed by atoms with E-state index in [1.165, 1.54) is 6.07 Å².